The molecule has 0 unspecified atom stereocenters. The van der Waals surface area contributed by atoms with E-state index in [-0.39, 0.29) is 0 Å². The zero-order valence-corrected chi connectivity index (χ0v) is 11.2. The summed E-state index contributed by atoms with van der Waals surface area (Å²) in [7, 11) is 1.54. The normalized spacial score (nSPS) is 13.7. The maximum Gasteiger partial charge on any atom is 0.115 e. The number of methoxy groups -OCH3 is 1. The van der Waals surface area contributed by atoms with E-state index in [0.717, 1.165) is 16.7 Å². The van der Waals surface area contributed by atoms with Crippen LogP contribution in [0.2, 0.25) is 0 Å². The molecule has 0 bridgehead atoms. The van der Waals surface area contributed by atoms with Crippen LogP contribution in [0, 0.1) is 0 Å². The Labute approximate surface area is 117 Å². The molecule has 0 aliphatic rings. The van der Waals surface area contributed by atoms with E-state index in [2.05, 4.69) is 21.7 Å². The molecule has 1 heterocycles. The Bertz CT molecular complexity index is 545. The number of ether oxygens (including phenoxy) is 1. The minimum Gasteiger partial charge on any atom is -0.374 e. The maximum absolute atomic E-state index is 12.9. The molecule has 2 aromatic rings. The molecule has 104 valence electrons. The first-order valence-electron chi connectivity index (χ1n) is 6.20. The molecule has 0 radical (unpaired) electrons. The van der Waals surface area contributed by atoms with E-state index in [1.807, 2.05) is 24.3 Å². The highest BCUT2D eigenvalue weighted by Crippen LogP contribution is 2.26. The molecule has 0 fully saturated rings. The summed E-state index contributed by atoms with van der Waals surface area (Å²) in [6, 6.07) is 7.05. The van der Waals surface area contributed by atoms with Crippen LogP contribution in [0.5, 0.6) is 0 Å². The van der Waals surface area contributed by atoms with Crippen LogP contribution in [0.1, 0.15) is 11.7 Å². The van der Waals surface area contributed by atoms with Crippen molar-refractivity contribution in [3.8, 4) is 11.1 Å². The van der Waals surface area contributed by atoms with Crippen molar-refractivity contribution >= 4 is 6.72 Å². The van der Waals surface area contributed by atoms with Crippen molar-refractivity contribution < 1.29 is 9.13 Å². The standard InChI is InChI=1S/C15H16FN3O/c1-17-14(7-16)15(20-2)12-5-3-11(4-6-12)13-8-18-10-19-9-13/h3-6,8-10,14-15H,1,7H2,2H3/t14-,15-/m1/s1. The Kier molecular flexibility index (Phi) is 4.90. The first-order valence-corrected chi connectivity index (χ1v) is 6.20. The molecular formula is C15H16FN3O. The van der Waals surface area contributed by atoms with E-state index in [1.165, 1.54) is 13.4 Å². The van der Waals surface area contributed by atoms with E-state index in [0.29, 0.717) is 0 Å². The number of nitrogens with zero attached hydrogens (tertiary/aromatic N) is 3. The number of hydrogen-bond donors (Lipinski definition) is 0. The number of aliphatic imine (C=N–C) groups is 1. The quantitative estimate of drug-likeness (QED) is 0.760. The molecule has 0 saturated heterocycles. The maximum atomic E-state index is 12.9. The SMILES string of the molecule is C=N[C@H](CF)[C@H](OC)c1ccc(-c2cncnc2)cc1. The number of benzene rings is 1. The summed E-state index contributed by atoms with van der Waals surface area (Å²) in [6.07, 6.45) is 4.54. The molecule has 4 nitrogen and oxygen atoms in total. The first kappa shape index (κ1) is 14.3. The molecule has 0 amide bonds. The molecule has 0 aliphatic carbocycles. The fourth-order valence-electron chi connectivity index (χ4n) is 2.05. The second kappa shape index (κ2) is 6.86. The van der Waals surface area contributed by atoms with Crippen LogP contribution in [-0.2, 0) is 4.74 Å². The van der Waals surface area contributed by atoms with Crippen LogP contribution in [-0.4, -0.2) is 36.5 Å². The van der Waals surface area contributed by atoms with Crippen LogP contribution < -0.4 is 0 Å². The summed E-state index contributed by atoms with van der Waals surface area (Å²) in [5.74, 6) is 0. The van der Waals surface area contributed by atoms with Crippen molar-refractivity contribution in [2.24, 2.45) is 4.99 Å². The highest BCUT2D eigenvalue weighted by atomic mass is 19.1. The van der Waals surface area contributed by atoms with Gasteiger partial charge < -0.3 is 4.74 Å². The molecule has 0 N–H and O–H groups in total. The van der Waals surface area contributed by atoms with Crippen LogP contribution in [0.25, 0.3) is 11.1 Å². The summed E-state index contributed by atoms with van der Waals surface area (Å²) in [4.78, 5) is 11.7. The predicted octanol–water partition coefficient (Wildman–Crippen LogP) is 2.87. The van der Waals surface area contributed by atoms with Gasteiger partial charge in [-0.15, -0.1) is 0 Å². The molecule has 1 aromatic carbocycles. The Morgan fingerprint density at radius 1 is 1.20 bits per heavy atom. The third kappa shape index (κ3) is 3.05. The van der Waals surface area contributed by atoms with Gasteiger partial charge >= 0.3 is 0 Å². The third-order valence-electron chi connectivity index (χ3n) is 3.13. The van der Waals surface area contributed by atoms with Gasteiger partial charge in [-0.3, -0.25) is 4.99 Å². The lowest BCUT2D eigenvalue weighted by molar-refractivity contribution is 0.0732. The molecule has 0 saturated carbocycles. The zero-order chi connectivity index (χ0) is 14.4. The van der Waals surface area contributed by atoms with Crippen LogP contribution >= 0.6 is 0 Å². The molecule has 0 spiro atoms. The minimum atomic E-state index is -0.601. The Morgan fingerprint density at radius 3 is 2.35 bits per heavy atom. The van der Waals surface area contributed by atoms with Crippen LogP contribution in [0.4, 0.5) is 4.39 Å². The van der Waals surface area contributed by atoms with Crippen LogP contribution in [0.3, 0.4) is 0 Å². The first-order chi connectivity index (χ1) is 9.80. The van der Waals surface area contributed by atoms with Gasteiger partial charge in [0.1, 0.15) is 25.1 Å². The smallest absolute Gasteiger partial charge is 0.115 e. The largest absolute Gasteiger partial charge is 0.374 e. The van der Waals surface area contributed by atoms with E-state index in [4.69, 9.17) is 4.74 Å². The summed E-state index contributed by atoms with van der Waals surface area (Å²) < 4.78 is 18.2. The van der Waals surface area contributed by atoms with Gasteiger partial charge in [-0.2, -0.15) is 0 Å². The third-order valence-corrected chi connectivity index (χ3v) is 3.13. The highest BCUT2D eigenvalue weighted by molar-refractivity contribution is 5.61. The lowest BCUT2D eigenvalue weighted by Crippen LogP contribution is -2.20. The fraction of sp³-hybridized carbons (Fsp3) is 0.267. The second-order valence-electron chi connectivity index (χ2n) is 4.31. The monoisotopic (exact) mass is 273 g/mol. The fourth-order valence-corrected chi connectivity index (χ4v) is 2.05. The van der Waals surface area contributed by atoms with E-state index in [1.54, 1.807) is 12.4 Å². The molecule has 2 rings (SSSR count). The van der Waals surface area contributed by atoms with Gasteiger partial charge in [-0.05, 0) is 17.8 Å². The molecule has 1 aromatic heterocycles. The van der Waals surface area contributed by atoms with E-state index in [9.17, 15) is 4.39 Å². The van der Waals surface area contributed by atoms with Gasteiger partial charge in [-0.25, -0.2) is 14.4 Å². The number of rotatable bonds is 6. The van der Waals surface area contributed by atoms with Gasteiger partial charge in [0.25, 0.3) is 0 Å². The lowest BCUT2D eigenvalue weighted by atomic mass is 10.00. The minimum absolute atomic E-state index is 0.432. The van der Waals surface area contributed by atoms with Crippen molar-refractivity contribution in [2.45, 2.75) is 12.1 Å². The van der Waals surface area contributed by atoms with E-state index < -0.39 is 18.8 Å². The number of aromatic nitrogens is 2. The van der Waals surface area contributed by atoms with Crippen LogP contribution in [0.15, 0.2) is 48.0 Å². The summed E-state index contributed by atoms with van der Waals surface area (Å²) >= 11 is 0. The molecule has 2 atom stereocenters. The summed E-state index contributed by atoms with van der Waals surface area (Å²) in [6.45, 7) is 2.80. The Balaban J connectivity index is 2.25. The van der Waals surface area contributed by atoms with Gasteiger partial charge in [0, 0.05) is 25.1 Å². The van der Waals surface area contributed by atoms with Crippen molar-refractivity contribution in [1.82, 2.24) is 9.97 Å². The highest BCUT2D eigenvalue weighted by Gasteiger charge is 2.21. The second-order valence-corrected chi connectivity index (χ2v) is 4.31. The Hall–Kier alpha value is -2.14. The van der Waals surface area contributed by atoms with Gasteiger partial charge in [0.15, 0.2) is 0 Å². The van der Waals surface area contributed by atoms with Crippen molar-refractivity contribution in [1.29, 1.82) is 0 Å². The number of hydrogen-bond acceptors (Lipinski definition) is 4. The average molecular weight is 273 g/mol. The summed E-state index contributed by atoms with van der Waals surface area (Å²) in [5.41, 5.74) is 2.78. The topological polar surface area (TPSA) is 47.4 Å². The zero-order valence-electron chi connectivity index (χ0n) is 11.2. The van der Waals surface area contributed by atoms with E-state index >= 15 is 0 Å². The average Bonchev–Trinajstić information content (AvgIpc) is 2.53. The molecule has 0 aliphatic heterocycles. The van der Waals surface area contributed by atoms with Crippen molar-refractivity contribution in [3.05, 3.63) is 48.5 Å². The van der Waals surface area contributed by atoms with Gasteiger partial charge in [0.05, 0.1) is 0 Å². The molecule has 20 heavy (non-hydrogen) atoms. The number of alkyl halides is 1. The van der Waals surface area contributed by atoms with Gasteiger partial charge in [-0.1, -0.05) is 24.3 Å². The van der Waals surface area contributed by atoms with Gasteiger partial charge in [0.2, 0.25) is 0 Å². The van der Waals surface area contributed by atoms with Crippen molar-refractivity contribution in [3.63, 3.8) is 0 Å². The summed E-state index contributed by atoms with van der Waals surface area (Å²) in [5, 5.41) is 0. The van der Waals surface area contributed by atoms with Crippen molar-refractivity contribution in [2.75, 3.05) is 13.8 Å². The molecular weight excluding hydrogens is 257 g/mol. The molecule has 5 heteroatoms. The lowest BCUT2D eigenvalue weighted by Gasteiger charge is -2.20. The predicted molar refractivity (Wildman–Crippen MR) is 76.5 cm³/mol. The Morgan fingerprint density at radius 2 is 1.85 bits per heavy atom. The number of halogens is 1.